The van der Waals surface area contributed by atoms with Gasteiger partial charge in [-0.25, -0.2) is 13.1 Å². The molecule has 0 radical (unpaired) electrons. The maximum absolute atomic E-state index is 12.5. The summed E-state index contributed by atoms with van der Waals surface area (Å²) in [4.78, 5) is 26.4. The van der Waals surface area contributed by atoms with Crippen LogP contribution in [0.1, 0.15) is 19.3 Å². The summed E-state index contributed by atoms with van der Waals surface area (Å²) in [5.74, 6) is -0.181. The van der Waals surface area contributed by atoms with Gasteiger partial charge in [-0.1, -0.05) is 12.1 Å². The van der Waals surface area contributed by atoms with Crippen LogP contribution in [0.15, 0.2) is 24.3 Å². The number of hydrogen-bond acceptors (Lipinski definition) is 5. The van der Waals surface area contributed by atoms with Crippen LogP contribution in [-0.2, 0) is 19.6 Å². The second-order valence-corrected chi connectivity index (χ2v) is 8.34. The van der Waals surface area contributed by atoms with Crippen LogP contribution >= 0.6 is 0 Å². The van der Waals surface area contributed by atoms with Gasteiger partial charge in [0.15, 0.2) is 0 Å². The molecule has 2 amide bonds. The number of amides is 2. The van der Waals surface area contributed by atoms with Gasteiger partial charge in [-0.15, -0.1) is 0 Å². The molecule has 25 heavy (non-hydrogen) atoms. The number of rotatable bonds is 4. The monoisotopic (exact) mass is 366 g/mol. The molecule has 0 atom stereocenters. The first-order valence-corrected chi connectivity index (χ1v) is 10.1. The Morgan fingerprint density at radius 1 is 1.24 bits per heavy atom. The van der Waals surface area contributed by atoms with Gasteiger partial charge in [0.25, 0.3) is 0 Å². The van der Waals surface area contributed by atoms with Gasteiger partial charge in [0.2, 0.25) is 21.8 Å². The molecule has 0 aliphatic carbocycles. The number of piperidine rings is 1. The third-order valence-electron chi connectivity index (χ3n) is 4.66. The Bertz CT molecular complexity index is 785. The van der Waals surface area contributed by atoms with Crippen molar-refractivity contribution in [3.63, 3.8) is 0 Å². The lowest BCUT2D eigenvalue weighted by Gasteiger charge is -2.44. The Morgan fingerprint density at radius 3 is 2.52 bits per heavy atom. The number of sulfonamides is 1. The molecular weight excluding hydrogens is 344 g/mol. The molecule has 0 bridgehead atoms. The fourth-order valence-electron chi connectivity index (χ4n) is 3.25. The lowest BCUT2D eigenvalue weighted by Crippen LogP contribution is -2.59. The van der Waals surface area contributed by atoms with Crippen molar-refractivity contribution in [3.05, 3.63) is 24.3 Å². The van der Waals surface area contributed by atoms with Crippen LogP contribution < -0.4 is 15.4 Å². The van der Waals surface area contributed by atoms with Gasteiger partial charge in [0.05, 0.1) is 17.6 Å². The van der Waals surface area contributed by atoms with Gasteiger partial charge in [-0.2, -0.15) is 0 Å². The minimum Gasteiger partial charge on any atom is -0.369 e. The molecule has 0 saturated carbocycles. The normalized spacial score (nSPS) is 19.1. The standard InChI is InChI=1S/C16H22N4O4S/c1-25(23,24)17-9-6-14(21)20-10-7-16(8-11-20)15(22)18-12-4-2-3-5-13(12)19-16/h2-5,17,19H,6-11H2,1H3,(H,18,22). The van der Waals surface area contributed by atoms with E-state index >= 15 is 0 Å². The van der Waals surface area contributed by atoms with Crippen molar-refractivity contribution in [1.82, 2.24) is 9.62 Å². The predicted molar refractivity (Wildman–Crippen MR) is 94.7 cm³/mol. The summed E-state index contributed by atoms with van der Waals surface area (Å²) in [6.45, 7) is 1.01. The lowest BCUT2D eigenvalue weighted by atomic mass is 9.84. The minimum absolute atomic E-state index is 0.0722. The third-order valence-corrected chi connectivity index (χ3v) is 5.39. The number of nitrogens with zero attached hydrogens (tertiary/aromatic N) is 1. The van der Waals surface area contributed by atoms with Crippen LogP contribution in [0.3, 0.4) is 0 Å². The maximum Gasteiger partial charge on any atom is 0.250 e. The van der Waals surface area contributed by atoms with E-state index in [9.17, 15) is 18.0 Å². The molecule has 2 aliphatic rings. The van der Waals surface area contributed by atoms with Gasteiger partial charge in [-0.05, 0) is 25.0 Å². The molecule has 1 fully saturated rings. The Balaban J connectivity index is 1.58. The SMILES string of the molecule is CS(=O)(=O)NCCC(=O)N1CCC2(CC1)Nc1ccccc1NC2=O. The number of carbonyl (C=O) groups excluding carboxylic acids is 2. The smallest absolute Gasteiger partial charge is 0.250 e. The van der Waals surface area contributed by atoms with E-state index in [2.05, 4.69) is 15.4 Å². The van der Waals surface area contributed by atoms with Gasteiger partial charge >= 0.3 is 0 Å². The van der Waals surface area contributed by atoms with Crippen LogP contribution in [0.4, 0.5) is 11.4 Å². The largest absolute Gasteiger partial charge is 0.369 e. The number of fused-ring (bicyclic) bond motifs is 1. The van der Waals surface area contributed by atoms with Crippen molar-refractivity contribution in [3.8, 4) is 0 Å². The highest BCUT2D eigenvalue weighted by atomic mass is 32.2. The Morgan fingerprint density at radius 2 is 1.88 bits per heavy atom. The second kappa shape index (κ2) is 6.64. The molecular formula is C16H22N4O4S. The highest BCUT2D eigenvalue weighted by Crippen LogP contribution is 2.36. The van der Waals surface area contributed by atoms with Crippen LogP contribution in [0.25, 0.3) is 0 Å². The summed E-state index contributed by atoms with van der Waals surface area (Å²) in [6, 6.07) is 7.54. The first kappa shape index (κ1) is 17.7. The Hall–Kier alpha value is -2.13. The van der Waals surface area contributed by atoms with Crippen LogP contribution in [0, 0.1) is 0 Å². The van der Waals surface area contributed by atoms with E-state index in [1.807, 2.05) is 24.3 Å². The number of para-hydroxylation sites is 2. The molecule has 136 valence electrons. The van der Waals surface area contributed by atoms with E-state index in [-0.39, 0.29) is 24.8 Å². The molecule has 3 N–H and O–H groups in total. The molecule has 1 saturated heterocycles. The number of likely N-dealkylation sites (tertiary alicyclic amines) is 1. The number of nitrogens with one attached hydrogen (secondary N) is 3. The number of hydrogen-bond donors (Lipinski definition) is 3. The van der Waals surface area contributed by atoms with E-state index in [0.717, 1.165) is 17.6 Å². The molecule has 1 aromatic rings. The zero-order valence-corrected chi connectivity index (χ0v) is 14.9. The number of carbonyl (C=O) groups is 2. The summed E-state index contributed by atoms with van der Waals surface area (Å²) in [7, 11) is -3.29. The zero-order valence-electron chi connectivity index (χ0n) is 14.0. The second-order valence-electron chi connectivity index (χ2n) is 6.50. The predicted octanol–water partition coefficient (Wildman–Crippen LogP) is 0.351. The molecule has 1 aromatic carbocycles. The van der Waals surface area contributed by atoms with Crippen molar-refractivity contribution in [2.45, 2.75) is 24.8 Å². The average molecular weight is 366 g/mol. The number of anilines is 2. The van der Waals surface area contributed by atoms with Crippen LogP contribution in [0.2, 0.25) is 0 Å². The van der Waals surface area contributed by atoms with E-state index < -0.39 is 15.6 Å². The molecule has 0 aromatic heterocycles. The molecule has 8 nitrogen and oxygen atoms in total. The topological polar surface area (TPSA) is 108 Å². The Kier molecular flexibility index (Phi) is 4.70. The van der Waals surface area contributed by atoms with Crippen molar-refractivity contribution in [1.29, 1.82) is 0 Å². The average Bonchev–Trinajstić information content (AvgIpc) is 2.55. The summed E-state index contributed by atoms with van der Waals surface area (Å²) >= 11 is 0. The highest BCUT2D eigenvalue weighted by molar-refractivity contribution is 7.88. The third kappa shape index (κ3) is 3.93. The van der Waals surface area contributed by atoms with E-state index in [1.54, 1.807) is 4.90 Å². The van der Waals surface area contributed by atoms with Gasteiger partial charge < -0.3 is 15.5 Å². The van der Waals surface area contributed by atoms with Crippen molar-refractivity contribution in [2.75, 3.05) is 36.5 Å². The fraction of sp³-hybridized carbons (Fsp3) is 0.500. The van der Waals surface area contributed by atoms with Crippen LogP contribution in [-0.4, -0.2) is 56.6 Å². The molecule has 9 heteroatoms. The molecule has 0 unspecified atom stereocenters. The summed E-state index contributed by atoms with van der Waals surface area (Å²) in [5, 5.41) is 6.28. The van der Waals surface area contributed by atoms with Gasteiger partial charge in [0, 0.05) is 26.1 Å². The first-order valence-electron chi connectivity index (χ1n) is 8.20. The van der Waals surface area contributed by atoms with Gasteiger partial charge in [-0.3, -0.25) is 9.59 Å². The van der Waals surface area contributed by atoms with E-state index in [4.69, 9.17) is 0 Å². The zero-order chi connectivity index (χ0) is 18.1. The minimum atomic E-state index is -3.29. The fourth-order valence-corrected chi connectivity index (χ4v) is 3.72. The summed E-state index contributed by atoms with van der Waals surface area (Å²) in [5.41, 5.74) is 0.957. The molecule has 1 spiro atoms. The highest BCUT2D eigenvalue weighted by Gasteiger charge is 2.44. The Labute approximate surface area is 147 Å². The van der Waals surface area contributed by atoms with Gasteiger partial charge in [0.1, 0.15) is 5.54 Å². The maximum atomic E-state index is 12.5. The molecule has 3 rings (SSSR count). The van der Waals surface area contributed by atoms with Crippen molar-refractivity contribution >= 4 is 33.2 Å². The molecule has 2 heterocycles. The van der Waals surface area contributed by atoms with Crippen molar-refractivity contribution in [2.24, 2.45) is 0 Å². The first-order chi connectivity index (χ1) is 11.8. The van der Waals surface area contributed by atoms with E-state index in [0.29, 0.717) is 25.9 Å². The summed E-state index contributed by atoms with van der Waals surface area (Å²) < 4.78 is 24.4. The summed E-state index contributed by atoms with van der Waals surface area (Å²) in [6.07, 6.45) is 2.20. The molecule has 2 aliphatic heterocycles. The quantitative estimate of drug-likeness (QED) is 0.713. The van der Waals surface area contributed by atoms with Crippen LogP contribution in [0.5, 0.6) is 0 Å². The van der Waals surface area contributed by atoms with E-state index in [1.165, 1.54) is 0 Å². The lowest BCUT2D eigenvalue weighted by molar-refractivity contribution is -0.134. The van der Waals surface area contributed by atoms with Crippen molar-refractivity contribution < 1.29 is 18.0 Å². The number of benzene rings is 1.